The Morgan fingerprint density at radius 2 is 2.04 bits per heavy atom. The number of nitrogens with two attached hydrogens (primary N) is 1. The number of hydrogen-bond acceptors (Lipinski definition) is 4. The number of anilines is 1. The number of carbonyl (C=O) groups is 1. The molecule has 2 heterocycles. The van der Waals surface area contributed by atoms with Gasteiger partial charge in [0.15, 0.2) is 5.82 Å². The van der Waals surface area contributed by atoms with Crippen LogP contribution in [-0.2, 0) is 4.79 Å². The summed E-state index contributed by atoms with van der Waals surface area (Å²) in [4.78, 5) is 16.7. The monoisotopic (exact) mass is 385 g/mol. The van der Waals surface area contributed by atoms with Crippen LogP contribution in [0.3, 0.4) is 0 Å². The lowest BCUT2D eigenvalue weighted by atomic mass is 9.85. The highest BCUT2D eigenvalue weighted by Gasteiger charge is 2.25. The highest BCUT2D eigenvalue weighted by molar-refractivity contribution is 5.92. The first-order valence-electron chi connectivity index (χ1n) is 8.09. The zero-order valence-corrected chi connectivity index (χ0v) is 16.1. The largest absolute Gasteiger partial charge is 0.328 e. The number of pyridine rings is 1. The van der Waals surface area contributed by atoms with Gasteiger partial charge >= 0.3 is 0 Å². The Labute approximate surface area is 160 Å². The molecule has 1 amide bonds. The quantitative estimate of drug-likeness (QED) is 0.849. The first-order valence-corrected chi connectivity index (χ1v) is 8.09. The van der Waals surface area contributed by atoms with Crippen molar-refractivity contribution in [3.05, 3.63) is 35.8 Å². The molecular formula is C17H25Cl2N5O. The molecule has 3 N–H and O–H groups in total. The number of rotatable bonds is 3. The summed E-state index contributed by atoms with van der Waals surface area (Å²) >= 11 is 0. The highest BCUT2D eigenvalue weighted by Crippen LogP contribution is 2.24. The maximum Gasteiger partial charge on any atom is 0.227 e. The molecule has 2 unspecified atom stereocenters. The smallest absolute Gasteiger partial charge is 0.227 e. The minimum absolute atomic E-state index is 0. The van der Waals surface area contributed by atoms with Crippen LogP contribution in [0.1, 0.15) is 37.1 Å². The van der Waals surface area contributed by atoms with E-state index in [4.69, 9.17) is 5.73 Å². The summed E-state index contributed by atoms with van der Waals surface area (Å²) in [6.07, 6.45) is 5.39. The van der Waals surface area contributed by atoms with Gasteiger partial charge in [0.1, 0.15) is 0 Å². The van der Waals surface area contributed by atoms with E-state index in [0.29, 0.717) is 5.69 Å². The molecule has 25 heavy (non-hydrogen) atoms. The van der Waals surface area contributed by atoms with Crippen LogP contribution >= 0.6 is 24.8 Å². The number of aromatic nitrogens is 3. The Morgan fingerprint density at radius 1 is 1.28 bits per heavy atom. The molecular weight excluding hydrogens is 361 g/mol. The van der Waals surface area contributed by atoms with Crippen molar-refractivity contribution in [1.82, 2.24) is 14.8 Å². The number of hydrogen-bond donors (Lipinski definition) is 2. The maximum absolute atomic E-state index is 12.3. The third-order valence-electron chi connectivity index (χ3n) is 4.33. The summed E-state index contributed by atoms with van der Waals surface area (Å²) < 4.78 is 1.79. The van der Waals surface area contributed by atoms with Crippen LogP contribution in [0.25, 0.3) is 5.82 Å². The lowest BCUT2D eigenvalue weighted by molar-refractivity contribution is -0.120. The van der Waals surface area contributed by atoms with E-state index in [0.717, 1.165) is 42.9 Å². The number of halogens is 2. The summed E-state index contributed by atoms with van der Waals surface area (Å²) in [5.74, 6) is 0.795. The third-order valence-corrected chi connectivity index (χ3v) is 4.33. The van der Waals surface area contributed by atoms with Gasteiger partial charge in [-0.3, -0.25) is 4.79 Å². The van der Waals surface area contributed by atoms with Gasteiger partial charge in [0.05, 0.1) is 17.6 Å². The molecule has 0 saturated heterocycles. The molecule has 1 fully saturated rings. The summed E-state index contributed by atoms with van der Waals surface area (Å²) in [6.45, 7) is 3.94. The van der Waals surface area contributed by atoms with Crippen molar-refractivity contribution in [3.63, 3.8) is 0 Å². The number of nitrogens with zero attached hydrogens (tertiary/aromatic N) is 3. The second-order valence-electron chi connectivity index (χ2n) is 6.36. The minimum atomic E-state index is 0. The van der Waals surface area contributed by atoms with Crippen LogP contribution in [0.5, 0.6) is 0 Å². The predicted molar refractivity (Wildman–Crippen MR) is 104 cm³/mol. The number of carbonyl (C=O) groups excluding carboxylic acids is 1. The zero-order chi connectivity index (χ0) is 16.4. The van der Waals surface area contributed by atoms with Crippen molar-refractivity contribution in [1.29, 1.82) is 0 Å². The fourth-order valence-electron chi connectivity index (χ4n) is 3.16. The molecule has 3 rings (SSSR count). The Balaban J connectivity index is 0.00000156. The van der Waals surface area contributed by atoms with E-state index in [1.54, 1.807) is 10.9 Å². The van der Waals surface area contributed by atoms with Crippen molar-refractivity contribution in [2.75, 3.05) is 5.32 Å². The lowest BCUT2D eigenvalue weighted by Gasteiger charge is -2.25. The van der Waals surface area contributed by atoms with E-state index in [2.05, 4.69) is 15.4 Å². The van der Waals surface area contributed by atoms with Crippen molar-refractivity contribution < 1.29 is 4.79 Å². The fraction of sp³-hybridized carbons (Fsp3) is 0.471. The van der Waals surface area contributed by atoms with Gasteiger partial charge in [-0.2, -0.15) is 5.10 Å². The van der Waals surface area contributed by atoms with Crippen LogP contribution in [0.15, 0.2) is 24.4 Å². The van der Waals surface area contributed by atoms with Crippen LogP contribution in [0, 0.1) is 19.8 Å². The molecule has 2 aromatic rings. The van der Waals surface area contributed by atoms with Crippen molar-refractivity contribution in [3.8, 4) is 5.82 Å². The van der Waals surface area contributed by atoms with Crippen LogP contribution in [0.4, 0.5) is 5.69 Å². The second-order valence-corrected chi connectivity index (χ2v) is 6.36. The molecule has 1 saturated carbocycles. The molecule has 8 heteroatoms. The number of amides is 1. The molecule has 2 atom stereocenters. The molecule has 1 aliphatic carbocycles. The molecule has 6 nitrogen and oxygen atoms in total. The summed E-state index contributed by atoms with van der Waals surface area (Å²) in [7, 11) is 0. The Bertz CT molecular complexity index is 702. The van der Waals surface area contributed by atoms with E-state index in [1.165, 1.54) is 0 Å². The molecule has 138 valence electrons. The summed E-state index contributed by atoms with van der Waals surface area (Å²) in [5, 5.41) is 7.35. The Kier molecular flexibility index (Phi) is 7.86. The van der Waals surface area contributed by atoms with Gasteiger partial charge in [0, 0.05) is 17.7 Å². The lowest BCUT2D eigenvalue weighted by Crippen LogP contribution is -2.34. The average molecular weight is 386 g/mol. The van der Waals surface area contributed by atoms with Crippen LogP contribution in [-0.4, -0.2) is 26.7 Å². The van der Waals surface area contributed by atoms with Gasteiger partial charge in [-0.15, -0.1) is 24.8 Å². The molecule has 0 spiro atoms. The van der Waals surface area contributed by atoms with E-state index in [9.17, 15) is 4.79 Å². The summed E-state index contributed by atoms with van der Waals surface area (Å²) in [5.41, 5.74) is 8.65. The predicted octanol–water partition coefficient (Wildman–Crippen LogP) is 3.18. The van der Waals surface area contributed by atoms with Crippen molar-refractivity contribution in [2.24, 2.45) is 11.7 Å². The molecule has 0 aromatic carbocycles. The topological polar surface area (TPSA) is 85.8 Å². The standard InChI is InChI=1S/C17H23N5O.2ClH/c1-11-8-12(2)22(21-11)16-7-6-15(10-19-16)20-17(23)13-4-3-5-14(18)9-13;;/h6-8,10,13-14H,3-5,9,18H2,1-2H3,(H,20,23);2*1H. The van der Waals surface area contributed by atoms with E-state index < -0.39 is 0 Å². The average Bonchev–Trinajstić information content (AvgIpc) is 2.86. The highest BCUT2D eigenvalue weighted by atomic mass is 35.5. The maximum atomic E-state index is 12.3. The zero-order valence-electron chi connectivity index (χ0n) is 14.4. The number of aryl methyl sites for hydroxylation is 2. The first kappa shape index (κ1) is 21.4. The Morgan fingerprint density at radius 3 is 2.60 bits per heavy atom. The first-order chi connectivity index (χ1) is 11.0. The molecule has 0 aliphatic heterocycles. The molecule has 0 bridgehead atoms. The fourth-order valence-corrected chi connectivity index (χ4v) is 3.16. The van der Waals surface area contributed by atoms with Crippen LogP contribution in [0.2, 0.25) is 0 Å². The van der Waals surface area contributed by atoms with E-state index in [1.807, 2.05) is 32.0 Å². The minimum Gasteiger partial charge on any atom is -0.328 e. The van der Waals surface area contributed by atoms with Crippen molar-refractivity contribution in [2.45, 2.75) is 45.6 Å². The van der Waals surface area contributed by atoms with Gasteiger partial charge < -0.3 is 11.1 Å². The van der Waals surface area contributed by atoms with E-state index >= 15 is 0 Å². The van der Waals surface area contributed by atoms with Gasteiger partial charge in [-0.1, -0.05) is 6.42 Å². The van der Waals surface area contributed by atoms with Crippen molar-refractivity contribution >= 4 is 36.4 Å². The van der Waals surface area contributed by atoms with Gasteiger partial charge in [0.2, 0.25) is 5.91 Å². The third kappa shape index (κ3) is 5.17. The molecule has 0 radical (unpaired) electrons. The van der Waals surface area contributed by atoms with Gasteiger partial charge in [-0.25, -0.2) is 9.67 Å². The van der Waals surface area contributed by atoms with Gasteiger partial charge in [0.25, 0.3) is 0 Å². The summed E-state index contributed by atoms with van der Waals surface area (Å²) in [6, 6.07) is 5.87. The Hall–Kier alpha value is -1.63. The SMILES string of the molecule is Cc1cc(C)n(-c2ccc(NC(=O)C3CCCC(N)C3)cn2)n1.Cl.Cl. The molecule has 1 aliphatic rings. The number of nitrogens with one attached hydrogen (secondary N) is 1. The molecule has 2 aromatic heterocycles. The van der Waals surface area contributed by atoms with E-state index in [-0.39, 0.29) is 42.7 Å². The normalized spacial score (nSPS) is 19.5. The van der Waals surface area contributed by atoms with Gasteiger partial charge in [-0.05, 0) is 51.3 Å². The van der Waals surface area contributed by atoms with Crippen LogP contribution < -0.4 is 11.1 Å². The second kappa shape index (κ2) is 9.17.